The molecule has 0 radical (unpaired) electrons. The number of hydrogen-bond donors (Lipinski definition) is 2. The van der Waals surface area contributed by atoms with Crippen LogP contribution in [0.5, 0.6) is 0 Å². The van der Waals surface area contributed by atoms with Crippen molar-refractivity contribution < 1.29 is 9.90 Å². The summed E-state index contributed by atoms with van der Waals surface area (Å²) in [5, 5.41) is 12.7. The highest BCUT2D eigenvalue weighted by Gasteiger charge is 2.26. The Morgan fingerprint density at radius 1 is 1.32 bits per heavy atom. The largest absolute Gasteiger partial charge is 0.478 e. The normalized spacial score (nSPS) is 27.0. The zero-order valence-electron chi connectivity index (χ0n) is 11.9. The van der Waals surface area contributed by atoms with Gasteiger partial charge < -0.3 is 10.4 Å². The van der Waals surface area contributed by atoms with Gasteiger partial charge in [0.2, 0.25) is 0 Å². The van der Waals surface area contributed by atoms with Crippen LogP contribution in [-0.2, 0) is 0 Å². The summed E-state index contributed by atoms with van der Waals surface area (Å²) in [7, 11) is 0. The van der Waals surface area contributed by atoms with Crippen molar-refractivity contribution in [1.82, 2.24) is 0 Å². The molecule has 1 fully saturated rings. The van der Waals surface area contributed by atoms with Gasteiger partial charge in [0.25, 0.3) is 0 Å². The van der Waals surface area contributed by atoms with Crippen LogP contribution < -0.4 is 5.32 Å². The summed E-state index contributed by atoms with van der Waals surface area (Å²) in [6.45, 7) is 6.54. The first-order chi connectivity index (χ1) is 8.97. The number of aryl methyl sites for hydroxylation is 1. The van der Waals surface area contributed by atoms with Gasteiger partial charge in [-0.15, -0.1) is 0 Å². The summed E-state index contributed by atoms with van der Waals surface area (Å²) in [5.74, 6) is 0.509. The molecule has 2 rings (SSSR count). The number of benzene rings is 1. The second kappa shape index (κ2) is 5.64. The van der Waals surface area contributed by atoms with Gasteiger partial charge in [0, 0.05) is 11.7 Å². The Balaban J connectivity index is 2.18. The second-order valence-electron chi connectivity index (χ2n) is 6.00. The van der Waals surface area contributed by atoms with Crippen LogP contribution in [0.1, 0.15) is 49.0 Å². The monoisotopic (exact) mass is 261 g/mol. The highest BCUT2D eigenvalue weighted by molar-refractivity contribution is 5.94. The molecule has 19 heavy (non-hydrogen) atoms. The van der Waals surface area contributed by atoms with Crippen molar-refractivity contribution in [3.8, 4) is 0 Å². The maximum atomic E-state index is 11.3. The van der Waals surface area contributed by atoms with Crippen molar-refractivity contribution in [2.45, 2.75) is 46.1 Å². The lowest BCUT2D eigenvalue weighted by Crippen LogP contribution is -2.33. The first kappa shape index (κ1) is 13.9. The third kappa shape index (κ3) is 3.28. The summed E-state index contributed by atoms with van der Waals surface area (Å²) in [6.07, 6.45) is 3.55. The molecule has 0 aliphatic heterocycles. The van der Waals surface area contributed by atoms with E-state index in [1.54, 1.807) is 6.07 Å². The fourth-order valence-corrected chi connectivity index (χ4v) is 3.04. The average molecular weight is 261 g/mol. The molecular weight excluding hydrogens is 238 g/mol. The van der Waals surface area contributed by atoms with Crippen molar-refractivity contribution in [1.29, 1.82) is 0 Å². The molecule has 2 N–H and O–H groups in total. The van der Waals surface area contributed by atoms with E-state index in [1.807, 2.05) is 19.1 Å². The molecule has 3 nitrogen and oxygen atoms in total. The quantitative estimate of drug-likeness (QED) is 0.866. The molecule has 0 saturated heterocycles. The van der Waals surface area contributed by atoms with Gasteiger partial charge in [-0.1, -0.05) is 19.9 Å². The molecule has 104 valence electrons. The first-order valence-electron chi connectivity index (χ1n) is 7.08. The zero-order valence-corrected chi connectivity index (χ0v) is 11.9. The van der Waals surface area contributed by atoms with Crippen molar-refractivity contribution in [3.63, 3.8) is 0 Å². The van der Waals surface area contributed by atoms with Gasteiger partial charge in [-0.25, -0.2) is 4.79 Å². The fourth-order valence-electron chi connectivity index (χ4n) is 3.04. The number of nitrogens with one attached hydrogen (secondary N) is 1. The third-order valence-electron chi connectivity index (χ3n) is 4.18. The predicted molar refractivity (Wildman–Crippen MR) is 77.7 cm³/mol. The minimum Gasteiger partial charge on any atom is -0.478 e. The number of carboxylic acids is 1. The van der Waals surface area contributed by atoms with Gasteiger partial charge in [-0.2, -0.15) is 0 Å². The minimum atomic E-state index is -0.862. The topological polar surface area (TPSA) is 49.3 Å². The van der Waals surface area contributed by atoms with E-state index in [9.17, 15) is 9.90 Å². The van der Waals surface area contributed by atoms with E-state index in [4.69, 9.17) is 0 Å². The molecule has 0 aromatic heterocycles. The molecule has 1 saturated carbocycles. The lowest BCUT2D eigenvalue weighted by molar-refractivity contribution is 0.0697. The van der Waals surface area contributed by atoms with E-state index in [1.165, 1.54) is 12.8 Å². The van der Waals surface area contributed by atoms with E-state index in [0.29, 0.717) is 17.5 Å². The molecule has 3 unspecified atom stereocenters. The highest BCUT2D eigenvalue weighted by atomic mass is 16.4. The highest BCUT2D eigenvalue weighted by Crippen LogP contribution is 2.31. The molecule has 0 spiro atoms. The number of rotatable bonds is 3. The van der Waals surface area contributed by atoms with Crippen LogP contribution >= 0.6 is 0 Å². The van der Waals surface area contributed by atoms with Crippen LogP contribution in [0.2, 0.25) is 0 Å². The average Bonchev–Trinajstić information content (AvgIpc) is 2.32. The Hall–Kier alpha value is -1.51. The van der Waals surface area contributed by atoms with Crippen LogP contribution in [0, 0.1) is 18.8 Å². The summed E-state index contributed by atoms with van der Waals surface area (Å²) in [4.78, 5) is 11.3. The smallest absolute Gasteiger partial charge is 0.337 e. The minimum absolute atomic E-state index is 0.372. The Morgan fingerprint density at radius 2 is 2.05 bits per heavy atom. The Bertz CT molecular complexity index is 470. The molecular formula is C16H23NO2. The van der Waals surface area contributed by atoms with Gasteiger partial charge in [0.15, 0.2) is 0 Å². The fraction of sp³-hybridized carbons (Fsp3) is 0.562. The van der Waals surface area contributed by atoms with Gasteiger partial charge in [-0.05, 0) is 55.7 Å². The molecule has 0 amide bonds. The number of aromatic carboxylic acids is 1. The Morgan fingerprint density at radius 3 is 2.68 bits per heavy atom. The standard InChI is InChI=1S/C16H23NO2/c1-10-5-7-14(12(3)8-10)17-15-9-11(2)4-6-13(15)16(18)19/h4,6,9-10,12,14,17H,5,7-8H2,1-3H3,(H,18,19). The summed E-state index contributed by atoms with van der Waals surface area (Å²) in [6, 6.07) is 5.86. The van der Waals surface area contributed by atoms with E-state index >= 15 is 0 Å². The Labute approximate surface area is 115 Å². The second-order valence-corrected chi connectivity index (χ2v) is 6.00. The van der Waals surface area contributed by atoms with Crippen molar-refractivity contribution in [3.05, 3.63) is 29.3 Å². The predicted octanol–water partition coefficient (Wildman–Crippen LogP) is 3.93. The summed E-state index contributed by atoms with van der Waals surface area (Å²) in [5.41, 5.74) is 2.22. The van der Waals surface area contributed by atoms with E-state index in [2.05, 4.69) is 19.2 Å². The van der Waals surface area contributed by atoms with Gasteiger partial charge in [0.05, 0.1) is 5.56 Å². The lowest BCUT2D eigenvalue weighted by atomic mass is 9.79. The Kier molecular flexibility index (Phi) is 4.13. The van der Waals surface area contributed by atoms with Crippen LogP contribution in [0.3, 0.4) is 0 Å². The van der Waals surface area contributed by atoms with Crippen LogP contribution in [-0.4, -0.2) is 17.1 Å². The van der Waals surface area contributed by atoms with Crippen molar-refractivity contribution in [2.24, 2.45) is 11.8 Å². The summed E-state index contributed by atoms with van der Waals surface area (Å²) < 4.78 is 0. The third-order valence-corrected chi connectivity index (χ3v) is 4.18. The maximum absolute atomic E-state index is 11.3. The van der Waals surface area contributed by atoms with Crippen molar-refractivity contribution >= 4 is 11.7 Å². The van der Waals surface area contributed by atoms with E-state index < -0.39 is 5.97 Å². The van der Waals surface area contributed by atoms with Gasteiger partial charge in [0.1, 0.15) is 0 Å². The van der Waals surface area contributed by atoms with Crippen LogP contribution in [0.15, 0.2) is 18.2 Å². The van der Waals surface area contributed by atoms with Crippen molar-refractivity contribution in [2.75, 3.05) is 5.32 Å². The molecule has 1 aliphatic carbocycles. The molecule has 1 aromatic carbocycles. The van der Waals surface area contributed by atoms with Gasteiger partial charge >= 0.3 is 5.97 Å². The summed E-state index contributed by atoms with van der Waals surface area (Å²) >= 11 is 0. The molecule has 3 heteroatoms. The zero-order chi connectivity index (χ0) is 14.0. The van der Waals surface area contributed by atoms with Crippen LogP contribution in [0.4, 0.5) is 5.69 Å². The molecule has 0 heterocycles. The number of hydrogen-bond acceptors (Lipinski definition) is 2. The lowest BCUT2D eigenvalue weighted by Gasteiger charge is -2.34. The first-order valence-corrected chi connectivity index (χ1v) is 7.08. The molecule has 3 atom stereocenters. The number of carboxylic acid groups (broad SMARTS) is 1. The number of carbonyl (C=O) groups is 1. The molecule has 0 bridgehead atoms. The van der Waals surface area contributed by atoms with E-state index in [-0.39, 0.29) is 0 Å². The molecule has 1 aliphatic rings. The van der Waals surface area contributed by atoms with E-state index in [0.717, 1.165) is 23.6 Å². The SMILES string of the molecule is Cc1ccc(C(=O)O)c(NC2CCC(C)CC2C)c1. The molecule has 1 aromatic rings. The maximum Gasteiger partial charge on any atom is 0.337 e. The number of anilines is 1. The van der Waals surface area contributed by atoms with Crippen LogP contribution in [0.25, 0.3) is 0 Å². The van der Waals surface area contributed by atoms with Gasteiger partial charge in [-0.3, -0.25) is 0 Å².